The minimum absolute atomic E-state index is 0.0551. The number of carbonyl (C=O) groups excluding carboxylic acids is 1. The number of aromatic nitrogens is 2. The third kappa shape index (κ3) is 4.70. The number of nitrogens with zero attached hydrogens (tertiary/aromatic N) is 5. The van der Waals surface area contributed by atoms with Crippen molar-refractivity contribution in [2.24, 2.45) is 0 Å². The van der Waals surface area contributed by atoms with Gasteiger partial charge in [-0.1, -0.05) is 6.92 Å². The van der Waals surface area contributed by atoms with Gasteiger partial charge in [0.1, 0.15) is 16.5 Å². The number of carbonyl (C=O) groups is 1. The van der Waals surface area contributed by atoms with Crippen LogP contribution in [-0.2, 0) is 21.1 Å². The predicted octanol–water partition coefficient (Wildman–Crippen LogP) is 2.43. The fourth-order valence-corrected chi connectivity index (χ4v) is 5.54. The molecule has 0 radical (unpaired) electrons. The number of likely N-dealkylation sites (tertiary alicyclic amines) is 1. The number of hydrogen-bond acceptors (Lipinski definition) is 7. The quantitative estimate of drug-likeness (QED) is 0.611. The van der Waals surface area contributed by atoms with E-state index < -0.39 is 26.4 Å². The number of amides is 1. The van der Waals surface area contributed by atoms with E-state index in [2.05, 4.69) is 9.97 Å². The molecule has 34 heavy (non-hydrogen) atoms. The Labute approximate surface area is 198 Å². The molecule has 184 valence electrons. The number of piperidine rings is 1. The molecular weight excluding hydrogens is 464 g/mol. The number of hydrogen-bond donors (Lipinski definition) is 0. The number of likely N-dealkylation sites (N-methyl/N-ethyl adjacent to an activating group) is 1. The first-order valence-corrected chi connectivity index (χ1v) is 13.3. The molecular formula is C23H29F2N5O3S. The lowest BCUT2D eigenvalue weighted by molar-refractivity contribution is -0.130. The minimum atomic E-state index is -3.92. The standard InChI is InChI=1S/C23H29F2N5O3S/c1-4-15-12-26-23(27-13-15)29-9-7-18(30-8-5-6-22(30)31)20(14-29)28(2)19-10-17(25)21(11-16(19)24)34(3,32)33/h10-13,18,20H,4-9,14H2,1-3H3/t18?,20-/m1/s1. The molecule has 0 spiro atoms. The van der Waals surface area contributed by atoms with Crippen LogP contribution in [0.4, 0.5) is 20.4 Å². The molecule has 8 nitrogen and oxygen atoms in total. The first-order chi connectivity index (χ1) is 16.1. The molecule has 2 fully saturated rings. The molecule has 2 aliphatic rings. The summed E-state index contributed by atoms with van der Waals surface area (Å²) in [5, 5.41) is 0. The van der Waals surface area contributed by atoms with E-state index in [1.807, 2.05) is 16.7 Å². The smallest absolute Gasteiger partial charge is 0.225 e. The van der Waals surface area contributed by atoms with Gasteiger partial charge in [-0.25, -0.2) is 27.2 Å². The fourth-order valence-electron chi connectivity index (χ4n) is 4.81. The average Bonchev–Trinajstić information content (AvgIpc) is 3.24. The van der Waals surface area contributed by atoms with E-state index in [0.717, 1.165) is 36.8 Å². The topological polar surface area (TPSA) is 86.7 Å². The van der Waals surface area contributed by atoms with Gasteiger partial charge in [-0.15, -0.1) is 0 Å². The zero-order chi connectivity index (χ0) is 24.6. The van der Waals surface area contributed by atoms with E-state index in [1.54, 1.807) is 24.3 Å². The van der Waals surface area contributed by atoms with Gasteiger partial charge in [0, 0.05) is 57.8 Å². The second kappa shape index (κ2) is 9.44. The summed E-state index contributed by atoms with van der Waals surface area (Å²) in [7, 11) is -2.28. The summed E-state index contributed by atoms with van der Waals surface area (Å²) in [6, 6.07) is 1.05. The van der Waals surface area contributed by atoms with Crippen molar-refractivity contribution in [3.63, 3.8) is 0 Å². The molecule has 4 rings (SSSR count). The lowest BCUT2D eigenvalue weighted by Crippen LogP contribution is -2.60. The maximum atomic E-state index is 15.1. The minimum Gasteiger partial charge on any atom is -0.365 e. The Bertz CT molecular complexity index is 1180. The molecule has 0 aliphatic carbocycles. The molecule has 2 saturated heterocycles. The van der Waals surface area contributed by atoms with Crippen LogP contribution in [0.2, 0.25) is 0 Å². The Morgan fingerprint density at radius 1 is 1.15 bits per heavy atom. The zero-order valence-corrected chi connectivity index (χ0v) is 20.4. The van der Waals surface area contributed by atoms with E-state index in [1.165, 1.54) is 0 Å². The number of benzene rings is 1. The van der Waals surface area contributed by atoms with Gasteiger partial charge in [-0.05, 0) is 30.9 Å². The molecule has 0 saturated carbocycles. The Morgan fingerprint density at radius 2 is 1.85 bits per heavy atom. The number of anilines is 2. The molecule has 3 heterocycles. The van der Waals surface area contributed by atoms with Gasteiger partial charge in [0.05, 0.1) is 17.8 Å². The Kier molecular flexibility index (Phi) is 6.75. The molecule has 1 amide bonds. The maximum Gasteiger partial charge on any atom is 0.225 e. The molecule has 1 unspecified atom stereocenters. The summed E-state index contributed by atoms with van der Waals surface area (Å²) in [6.45, 7) is 3.66. The number of sulfone groups is 1. The number of halogens is 2. The van der Waals surface area contributed by atoms with Gasteiger partial charge in [-0.3, -0.25) is 4.79 Å². The normalized spacial score (nSPS) is 21.3. The zero-order valence-electron chi connectivity index (χ0n) is 19.5. The summed E-state index contributed by atoms with van der Waals surface area (Å²) >= 11 is 0. The summed E-state index contributed by atoms with van der Waals surface area (Å²) in [5.41, 5.74) is 0.953. The number of rotatable bonds is 6. The van der Waals surface area contributed by atoms with E-state index in [0.29, 0.717) is 38.4 Å². The van der Waals surface area contributed by atoms with Crippen molar-refractivity contribution in [1.29, 1.82) is 0 Å². The molecule has 2 atom stereocenters. The summed E-state index contributed by atoms with van der Waals surface area (Å²) in [5.74, 6) is -1.25. The van der Waals surface area contributed by atoms with Gasteiger partial charge >= 0.3 is 0 Å². The Balaban J connectivity index is 1.68. The maximum absolute atomic E-state index is 15.1. The van der Waals surface area contributed by atoms with Gasteiger partial charge in [0.2, 0.25) is 11.9 Å². The van der Waals surface area contributed by atoms with Crippen LogP contribution in [0.3, 0.4) is 0 Å². The lowest BCUT2D eigenvalue weighted by atomic mass is 9.96. The summed E-state index contributed by atoms with van der Waals surface area (Å²) < 4.78 is 53.3. The monoisotopic (exact) mass is 493 g/mol. The Morgan fingerprint density at radius 3 is 2.44 bits per heavy atom. The largest absolute Gasteiger partial charge is 0.365 e. The van der Waals surface area contributed by atoms with Crippen LogP contribution in [0.1, 0.15) is 31.7 Å². The second-order valence-corrected chi connectivity index (χ2v) is 10.9. The summed E-state index contributed by atoms with van der Waals surface area (Å²) in [6.07, 6.45) is 7.07. The highest BCUT2D eigenvalue weighted by Crippen LogP contribution is 2.32. The average molecular weight is 494 g/mol. The molecule has 2 aromatic rings. The van der Waals surface area contributed by atoms with E-state index in [-0.39, 0.29) is 23.7 Å². The van der Waals surface area contributed by atoms with Crippen LogP contribution >= 0.6 is 0 Å². The molecule has 1 aromatic heterocycles. The highest BCUT2D eigenvalue weighted by Gasteiger charge is 2.40. The van der Waals surface area contributed by atoms with E-state index in [9.17, 15) is 17.6 Å². The highest BCUT2D eigenvalue weighted by molar-refractivity contribution is 7.90. The van der Waals surface area contributed by atoms with Crippen molar-refractivity contribution >= 4 is 27.4 Å². The van der Waals surface area contributed by atoms with Crippen molar-refractivity contribution in [1.82, 2.24) is 14.9 Å². The molecule has 11 heteroatoms. The van der Waals surface area contributed by atoms with Gasteiger partial charge in [-0.2, -0.15) is 0 Å². The molecule has 1 aromatic carbocycles. The first-order valence-electron chi connectivity index (χ1n) is 11.4. The van der Waals surface area contributed by atoms with Crippen LogP contribution in [-0.4, -0.2) is 74.2 Å². The van der Waals surface area contributed by atoms with Gasteiger partial charge < -0.3 is 14.7 Å². The second-order valence-electron chi connectivity index (χ2n) is 8.92. The van der Waals surface area contributed by atoms with Crippen LogP contribution < -0.4 is 9.80 Å². The molecule has 0 N–H and O–H groups in total. The van der Waals surface area contributed by atoms with E-state index >= 15 is 4.39 Å². The highest BCUT2D eigenvalue weighted by atomic mass is 32.2. The van der Waals surface area contributed by atoms with Crippen molar-refractivity contribution in [2.45, 2.75) is 49.6 Å². The van der Waals surface area contributed by atoms with Crippen LogP contribution in [0, 0.1) is 11.6 Å². The molecule has 2 aliphatic heterocycles. The molecule has 0 bridgehead atoms. The third-order valence-electron chi connectivity index (χ3n) is 6.72. The van der Waals surface area contributed by atoms with Gasteiger partial charge in [0.15, 0.2) is 9.84 Å². The fraction of sp³-hybridized carbons (Fsp3) is 0.522. The third-order valence-corrected chi connectivity index (χ3v) is 7.83. The first kappa shape index (κ1) is 24.3. The Hall–Kier alpha value is -2.82. The predicted molar refractivity (Wildman–Crippen MR) is 125 cm³/mol. The lowest BCUT2D eigenvalue weighted by Gasteiger charge is -2.46. The van der Waals surface area contributed by atoms with E-state index in [4.69, 9.17) is 0 Å². The van der Waals surface area contributed by atoms with Crippen LogP contribution in [0.5, 0.6) is 0 Å². The van der Waals surface area contributed by atoms with Crippen molar-refractivity contribution < 1.29 is 22.0 Å². The van der Waals surface area contributed by atoms with Crippen molar-refractivity contribution in [3.05, 3.63) is 41.7 Å². The number of aryl methyl sites for hydroxylation is 1. The summed E-state index contributed by atoms with van der Waals surface area (Å²) in [4.78, 5) is 26.2. The van der Waals surface area contributed by atoms with Crippen molar-refractivity contribution in [3.8, 4) is 0 Å². The van der Waals surface area contributed by atoms with Crippen LogP contribution in [0.25, 0.3) is 0 Å². The SMILES string of the molecule is CCc1cnc(N2CCC(N3CCCC3=O)[C@H](N(C)c3cc(F)c(S(C)(=O)=O)cc3F)C2)nc1. The van der Waals surface area contributed by atoms with Crippen molar-refractivity contribution in [2.75, 3.05) is 42.7 Å². The van der Waals surface area contributed by atoms with Gasteiger partial charge in [0.25, 0.3) is 0 Å². The van der Waals surface area contributed by atoms with Crippen LogP contribution in [0.15, 0.2) is 29.4 Å².